The minimum atomic E-state index is -1.18. The van der Waals surface area contributed by atoms with Crippen LogP contribution in [0.25, 0.3) is 45.1 Å². The van der Waals surface area contributed by atoms with E-state index in [4.69, 9.17) is 9.15 Å². The van der Waals surface area contributed by atoms with Crippen molar-refractivity contribution in [3.8, 4) is 34.0 Å². The summed E-state index contributed by atoms with van der Waals surface area (Å²) >= 11 is 0. The largest absolute Gasteiger partial charge is 0.438 e. The van der Waals surface area contributed by atoms with Crippen LogP contribution in [0.1, 0.15) is 12.5 Å². The first-order valence-corrected chi connectivity index (χ1v) is 11.0. The minimum absolute atomic E-state index is 0.0306. The van der Waals surface area contributed by atoms with Crippen LogP contribution in [-0.4, -0.2) is 39.1 Å². The van der Waals surface area contributed by atoms with Gasteiger partial charge in [-0.1, -0.05) is 30.3 Å². The summed E-state index contributed by atoms with van der Waals surface area (Å²) in [6.07, 6.45) is 2.78. The molecule has 6 nitrogen and oxygen atoms in total. The Hall–Kier alpha value is -3.91. The van der Waals surface area contributed by atoms with E-state index >= 15 is 0 Å². The molecule has 170 valence electrons. The highest BCUT2D eigenvalue weighted by atomic mass is 19.1. The van der Waals surface area contributed by atoms with Crippen LogP contribution in [0.4, 0.5) is 8.78 Å². The molecule has 3 aromatic heterocycles. The molecule has 0 saturated carbocycles. The van der Waals surface area contributed by atoms with Gasteiger partial charge in [0.1, 0.15) is 23.4 Å². The fourth-order valence-electron chi connectivity index (χ4n) is 4.24. The van der Waals surface area contributed by atoms with Crippen LogP contribution in [0.5, 0.6) is 0 Å². The fourth-order valence-corrected chi connectivity index (χ4v) is 4.24. The van der Waals surface area contributed by atoms with E-state index < -0.39 is 12.2 Å². The lowest BCUT2D eigenvalue weighted by Crippen LogP contribution is -2.31. The molecule has 8 heteroatoms. The highest BCUT2D eigenvalue weighted by molar-refractivity contribution is 5.83. The van der Waals surface area contributed by atoms with Crippen molar-refractivity contribution in [2.24, 2.45) is 0 Å². The maximum Gasteiger partial charge on any atom is 0.230 e. The SMILES string of the molecule is Fc1ccc(-c2nn([C@@H]3CCOC[C@H]3F)cc2-c2ncc3cc(-c4ccccc4)oc3n2)cc1. The minimum Gasteiger partial charge on any atom is -0.438 e. The standard InChI is InChI=1S/C26H20F2N4O2/c27-19-8-6-17(7-9-19)24-20(14-32(31-24)22-10-11-33-15-21(22)28)25-29-13-18-12-23(34-26(18)30-25)16-4-2-1-3-5-16/h1-9,12-14,21-22H,10-11,15H2/t21-,22-/m1/s1. The molecule has 6 rings (SSSR count). The molecule has 1 aliphatic heterocycles. The highest BCUT2D eigenvalue weighted by Crippen LogP contribution is 2.34. The molecule has 2 atom stereocenters. The van der Waals surface area contributed by atoms with Crippen molar-refractivity contribution in [1.82, 2.24) is 19.7 Å². The second-order valence-electron chi connectivity index (χ2n) is 8.26. The highest BCUT2D eigenvalue weighted by Gasteiger charge is 2.29. The summed E-state index contributed by atoms with van der Waals surface area (Å²) in [6.45, 7) is 0.492. The molecule has 0 N–H and O–H groups in total. The number of ether oxygens (including phenoxy) is 1. The van der Waals surface area contributed by atoms with E-state index in [9.17, 15) is 8.78 Å². The van der Waals surface area contributed by atoms with Crippen LogP contribution in [0.2, 0.25) is 0 Å². The number of alkyl halides is 1. The lowest BCUT2D eigenvalue weighted by molar-refractivity contribution is -0.0000577. The van der Waals surface area contributed by atoms with Crippen molar-refractivity contribution in [2.45, 2.75) is 18.6 Å². The van der Waals surface area contributed by atoms with E-state index in [-0.39, 0.29) is 12.4 Å². The third-order valence-electron chi connectivity index (χ3n) is 6.01. The van der Waals surface area contributed by atoms with E-state index in [1.54, 1.807) is 29.2 Å². The number of benzene rings is 2. The smallest absolute Gasteiger partial charge is 0.230 e. The van der Waals surface area contributed by atoms with E-state index in [2.05, 4.69) is 15.1 Å². The number of nitrogens with zero attached hydrogens (tertiary/aromatic N) is 4. The molecule has 0 bridgehead atoms. The molecule has 0 unspecified atom stereocenters. The van der Waals surface area contributed by atoms with E-state index in [1.807, 2.05) is 36.4 Å². The maximum absolute atomic E-state index is 14.6. The monoisotopic (exact) mass is 458 g/mol. The lowest BCUT2D eigenvalue weighted by Gasteiger charge is -2.26. The summed E-state index contributed by atoms with van der Waals surface area (Å²) in [6, 6.07) is 17.2. The molecule has 2 aromatic carbocycles. The Kier molecular flexibility index (Phi) is 5.15. The zero-order chi connectivity index (χ0) is 23.1. The predicted molar refractivity (Wildman–Crippen MR) is 123 cm³/mol. The van der Waals surface area contributed by atoms with Gasteiger partial charge in [0, 0.05) is 30.1 Å². The molecule has 1 saturated heterocycles. The van der Waals surface area contributed by atoms with Crippen LogP contribution < -0.4 is 0 Å². The van der Waals surface area contributed by atoms with Crippen molar-refractivity contribution in [1.29, 1.82) is 0 Å². The van der Waals surface area contributed by atoms with Gasteiger partial charge >= 0.3 is 0 Å². The molecule has 4 heterocycles. The Bertz CT molecular complexity index is 1450. The lowest BCUT2D eigenvalue weighted by atomic mass is 10.1. The molecule has 1 fully saturated rings. The van der Waals surface area contributed by atoms with Crippen LogP contribution in [0.15, 0.2) is 77.5 Å². The number of fused-ring (bicyclic) bond motifs is 1. The molecular formula is C26H20F2N4O2. The van der Waals surface area contributed by atoms with Gasteiger partial charge in [0.05, 0.1) is 23.6 Å². The van der Waals surface area contributed by atoms with Gasteiger partial charge in [-0.25, -0.2) is 13.8 Å². The molecule has 1 aliphatic rings. The second kappa shape index (κ2) is 8.46. The van der Waals surface area contributed by atoms with Crippen molar-refractivity contribution < 1.29 is 17.9 Å². The van der Waals surface area contributed by atoms with Gasteiger partial charge in [0.2, 0.25) is 5.71 Å². The summed E-state index contributed by atoms with van der Waals surface area (Å²) in [4.78, 5) is 9.20. The molecular weight excluding hydrogens is 438 g/mol. The second-order valence-corrected chi connectivity index (χ2v) is 8.26. The molecule has 5 aromatic rings. The summed E-state index contributed by atoms with van der Waals surface area (Å²) in [7, 11) is 0. The van der Waals surface area contributed by atoms with Crippen molar-refractivity contribution in [3.05, 3.63) is 78.9 Å². The first-order chi connectivity index (χ1) is 16.7. The van der Waals surface area contributed by atoms with E-state index in [0.29, 0.717) is 47.1 Å². The molecule has 0 radical (unpaired) electrons. The number of rotatable bonds is 4. The molecule has 0 amide bonds. The quantitative estimate of drug-likeness (QED) is 0.338. The summed E-state index contributed by atoms with van der Waals surface area (Å²) < 4.78 is 41.1. The van der Waals surface area contributed by atoms with Crippen LogP contribution >= 0.6 is 0 Å². The van der Waals surface area contributed by atoms with Gasteiger partial charge in [-0.15, -0.1) is 0 Å². The molecule has 34 heavy (non-hydrogen) atoms. The van der Waals surface area contributed by atoms with Crippen molar-refractivity contribution in [3.63, 3.8) is 0 Å². The normalized spacial score (nSPS) is 18.4. The third kappa shape index (κ3) is 3.76. The Morgan fingerprint density at radius 1 is 1.00 bits per heavy atom. The topological polar surface area (TPSA) is 66.0 Å². The van der Waals surface area contributed by atoms with E-state index in [1.165, 1.54) is 12.1 Å². The van der Waals surface area contributed by atoms with Gasteiger partial charge in [-0.2, -0.15) is 10.1 Å². The van der Waals surface area contributed by atoms with Crippen LogP contribution in [0.3, 0.4) is 0 Å². The van der Waals surface area contributed by atoms with Gasteiger partial charge in [-0.05, 0) is 36.8 Å². The Balaban J connectivity index is 1.46. The Morgan fingerprint density at radius 3 is 2.62 bits per heavy atom. The number of furan rings is 1. The third-order valence-corrected chi connectivity index (χ3v) is 6.01. The maximum atomic E-state index is 14.6. The Labute approximate surface area is 193 Å². The predicted octanol–water partition coefficient (Wildman–Crippen LogP) is 5.86. The summed E-state index contributed by atoms with van der Waals surface area (Å²) in [5, 5.41) is 5.45. The van der Waals surface area contributed by atoms with Gasteiger partial charge < -0.3 is 9.15 Å². The van der Waals surface area contributed by atoms with E-state index in [0.717, 1.165) is 10.9 Å². The first-order valence-electron chi connectivity index (χ1n) is 11.0. The van der Waals surface area contributed by atoms with Crippen LogP contribution in [0, 0.1) is 5.82 Å². The number of halogens is 2. The van der Waals surface area contributed by atoms with Gasteiger partial charge in [0.15, 0.2) is 5.82 Å². The molecule has 0 spiro atoms. The van der Waals surface area contributed by atoms with Gasteiger partial charge in [-0.3, -0.25) is 4.68 Å². The molecule has 0 aliphatic carbocycles. The zero-order valence-corrected chi connectivity index (χ0v) is 18.1. The summed E-state index contributed by atoms with van der Waals surface area (Å²) in [5.41, 5.74) is 3.23. The number of hydrogen-bond donors (Lipinski definition) is 0. The number of aromatic nitrogens is 4. The average Bonchev–Trinajstić information content (AvgIpc) is 3.50. The summed E-state index contributed by atoms with van der Waals surface area (Å²) in [5.74, 6) is 0.744. The first kappa shape index (κ1) is 20.7. The van der Waals surface area contributed by atoms with Crippen molar-refractivity contribution >= 4 is 11.1 Å². The number of hydrogen-bond acceptors (Lipinski definition) is 5. The Morgan fingerprint density at radius 2 is 1.82 bits per heavy atom. The van der Waals surface area contributed by atoms with Gasteiger partial charge in [0.25, 0.3) is 0 Å². The van der Waals surface area contributed by atoms with Crippen molar-refractivity contribution in [2.75, 3.05) is 13.2 Å². The van der Waals surface area contributed by atoms with Crippen LogP contribution in [-0.2, 0) is 4.74 Å². The average molecular weight is 458 g/mol. The zero-order valence-electron chi connectivity index (χ0n) is 18.1. The fraction of sp³-hybridized carbons (Fsp3) is 0.192.